The summed E-state index contributed by atoms with van der Waals surface area (Å²) in [6, 6.07) is 16.5. The highest BCUT2D eigenvalue weighted by Gasteiger charge is 2.22. The molecule has 0 radical (unpaired) electrons. The highest BCUT2D eigenvalue weighted by atomic mass is 16.2. The summed E-state index contributed by atoms with van der Waals surface area (Å²) >= 11 is 0. The van der Waals surface area contributed by atoms with E-state index >= 15 is 0 Å². The lowest BCUT2D eigenvalue weighted by Crippen LogP contribution is -2.42. The van der Waals surface area contributed by atoms with E-state index in [-0.39, 0.29) is 18.4 Å². The van der Waals surface area contributed by atoms with Gasteiger partial charge in [-0.2, -0.15) is 5.26 Å². The molecule has 6 nitrogen and oxygen atoms in total. The van der Waals surface area contributed by atoms with Crippen LogP contribution in [0.5, 0.6) is 0 Å². The molecule has 3 N–H and O–H groups in total. The second kappa shape index (κ2) is 10.5. The highest BCUT2D eigenvalue weighted by Crippen LogP contribution is 2.35. The molecule has 1 aromatic heterocycles. The molecule has 1 aliphatic carbocycles. The number of carbonyl (C=O) groups is 1. The second-order valence-corrected chi connectivity index (χ2v) is 7.54. The summed E-state index contributed by atoms with van der Waals surface area (Å²) in [4.78, 5) is 12.7. The molecule has 1 aromatic carbocycles. The fourth-order valence-corrected chi connectivity index (χ4v) is 4.02. The van der Waals surface area contributed by atoms with Crippen molar-refractivity contribution in [3.05, 3.63) is 48.2 Å². The highest BCUT2D eigenvalue weighted by molar-refractivity contribution is 5.95. The number of rotatable bonds is 7. The lowest BCUT2D eigenvalue weighted by atomic mass is 9.87. The molecular formula is C23H29N5O. The van der Waals surface area contributed by atoms with Crippen LogP contribution < -0.4 is 10.6 Å². The Bertz CT molecular complexity index is 859. The van der Waals surface area contributed by atoms with Crippen molar-refractivity contribution < 1.29 is 4.79 Å². The first kappa shape index (κ1) is 20.7. The molecule has 0 unspecified atom stereocenters. The van der Waals surface area contributed by atoms with Gasteiger partial charge in [0.1, 0.15) is 6.54 Å². The number of hydrogen-bond acceptors (Lipinski definition) is 3. The maximum atomic E-state index is 12.7. The quantitative estimate of drug-likeness (QED) is 0.376. The van der Waals surface area contributed by atoms with Crippen LogP contribution in [0.25, 0.3) is 11.3 Å². The van der Waals surface area contributed by atoms with Crippen LogP contribution in [0.3, 0.4) is 0 Å². The Morgan fingerprint density at radius 3 is 2.62 bits per heavy atom. The fourth-order valence-electron chi connectivity index (χ4n) is 4.02. The molecule has 6 heteroatoms. The van der Waals surface area contributed by atoms with Gasteiger partial charge in [0, 0.05) is 24.4 Å². The lowest BCUT2D eigenvalue weighted by Gasteiger charge is -2.24. The Kier molecular flexibility index (Phi) is 7.46. The molecule has 0 atom stereocenters. The number of unbranched alkanes of at least 4 members (excludes halogenated alkanes) is 1. The van der Waals surface area contributed by atoms with Crippen LogP contribution >= 0.6 is 0 Å². The minimum Gasteiger partial charge on any atom is -0.356 e. The molecule has 1 fully saturated rings. The molecule has 1 aliphatic rings. The Labute approximate surface area is 172 Å². The summed E-state index contributed by atoms with van der Waals surface area (Å²) in [5.74, 6) is 0.256. The molecule has 0 spiro atoms. The van der Waals surface area contributed by atoms with Crippen LogP contribution in [0, 0.1) is 16.7 Å². The van der Waals surface area contributed by atoms with E-state index in [2.05, 4.69) is 45.5 Å². The number of amides is 1. The van der Waals surface area contributed by atoms with E-state index in [0.29, 0.717) is 25.3 Å². The van der Waals surface area contributed by atoms with Gasteiger partial charge in [0.15, 0.2) is 5.96 Å². The molecule has 0 saturated heterocycles. The molecule has 2 aromatic rings. The summed E-state index contributed by atoms with van der Waals surface area (Å²) in [7, 11) is 0. The number of hydrogen-bond donors (Lipinski definition) is 3. The third kappa shape index (κ3) is 5.71. The van der Waals surface area contributed by atoms with Gasteiger partial charge in [-0.1, -0.05) is 49.6 Å². The number of carbonyl (C=O) groups excluding carboxylic acids is 1. The van der Waals surface area contributed by atoms with Crippen molar-refractivity contribution in [1.29, 1.82) is 10.7 Å². The van der Waals surface area contributed by atoms with Crippen LogP contribution in [-0.4, -0.2) is 23.0 Å². The molecule has 0 aliphatic heterocycles. The van der Waals surface area contributed by atoms with E-state index in [1.54, 1.807) is 0 Å². The zero-order valence-corrected chi connectivity index (χ0v) is 16.8. The molecule has 1 saturated carbocycles. The number of benzene rings is 1. The summed E-state index contributed by atoms with van der Waals surface area (Å²) in [6.45, 7) is 0.685. The number of nitriles is 1. The van der Waals surface area contributed by atoms with Crippen molar-refractivity contribution in [2.75, 3.05) is 6.54 Å². The number of guanidine groups is 1. The summed E-state index contributed by atoms with van der Waals surface area (Å²) < 4.78 is 2.11. The topological polar surface area (TPSA) is 93.7 Å². The molecule has 152 valence electrons. The third-order valence-corrected chi connectivity index (χ3v) is 5.44. The predicted molar refractivity (Wildman–Crippen MR) is 114 cm³/mol. The van der Waals surface area contributed by atoms with Crippen molar-refractivity contribution in [1.82, 2.24) is 15.2 Å². The van der Waals surface area contributed by atoms with Gasteiger partial charge in [-0.3, -0.25) is 15.5 Å². The lowest BCUT2D eigenvalue weighted by molar-refractivity contribution is -0.120. The van der Waals surface area contributed by atoms with Crippen LogP contribution in [0.15, 0.2) is 42.5 Å². The Hall–Kier alpha value is -3.07. The van der Waals surface area contributed by atoms with Crippen molar-refractivity contribution in [2.24, 2.45) is 0 Å². The first-order valence-electron chi connectivity index (χ1n) is 10.4. The van der Waals surface area contributed by atoms with Crippen LogP contribution in [0.2, 0.25) is 0 Å². The largest absolute Gasteiger partial charge is 0.356 e. The summed E-state index contributed by atoms with van der Waals surface area (Å²) in [6.07, 6.45) is 7.17. The first-order chi connectivity index (χ1) is 14.2. The standard InChI is InChI=1S/C23H29N5O/c24-15-7-8-16-26-23(25)27-22(29)17-28-20(18-9-3-1-4-10-18)13-14-21(28)19-11-5-2-6-12-19/h1,3-4,9-10,13-14,19H,2,5-8,11-12,16-17H2,(H3,25,26,27,29). The van der Waals surface area contributed by atoms with E-state index < -0.39 is 0 Å². The average molecular weight is 392 g/mol. The monoisotopic (exact) mass is 391 g/mol. The molecule has 1 amide bonds. The van der Waals surface area contributed by atoms with Gasteiger partial charge < -0.3 is 9.88 Å². The number of nitrogens with one attached hydrogen (secondary N) is 3. The van der Waals surface area contributed by atoms with Crippen molar-refractivity contribution in [2.45, 2.75) is 57.4 Å². The van der Waals surface area contributed by atoms with E-state index in [1.807, 2.05) is 18.2 Å². The maximum Gasteiger partial charge on any atom is 0.246 e. The van der Waals surface area contributed by atoms with Gasteiger partial charge in [-0.05, 0) is 42.9 Å². The van der Waals surface area contributed by atoms with Gasteiger partial charge in [0.2, 0.25) is 5.91 Å². The molecule has 3 rings (SSSR count). The van der Waals surface area contributed by atoms with E-state index in [0.717, 1.165) is 24.1 Å². The predicted octanol–water partition coefficient (Wildman–Crippen LogP) is 4.15. The average Bonchev–Trinajstić information content (AvgIpc) is 3.15. The Morgan fingerprint density at radius 1 is 1.14 bits per heavy atom. The van der Waals surface area contributed by atoms with Crippen molar-refractivity contribution in [3.8, 4) is 17.3 Å². The summed E-state index contributed by atoms with van der Waals surface area (Å²) in [5, 5.41) is 22.0. The second-order valence-electron chi connectivity index (χ2n) is 7.54. The van der Waals surface area contributed by atoms with Crippen LogP contribution in [-0.2, 0) is 11.3 Å². The fraction of sp³-hybridized carbons (Fsp3) is 0.435. The summed E-state index contributed by atoms with van der Waals surface area (Å²) in [5.41, 5.74) is 3.34. The molecule has 29 heavy (non-hydrogen) atoms. The van der Waals surface area contributed by atoms with Crippen LogP contribution in [0.4, 0.5) is 0 Å². The normalized spacial score (nSPS) is 14.2. The van der Waals surface area contributed by atoms with Gasteiger partial charge in [0.25, 0.3) is 0 Å². The molecule has 0 bridgehead atoms. The zero-order valence-electron chi connectivity index (χ0n) is 16.8. The number of aromatic nitrogens is 1. The van der Waals surface area contributed by atoms with Gasteiger partial charge in [-0.25, -0.2) is 0 Å². The molecule has 1 heterocycles. The van der Waals surface area contributed by atoms with E-state index in [1.165, 1.54) is 25.0 Å². The van der Waals surface area contributed by atoms with Crippen molar-refractivity contribution >= 4 is 11.9 Å². The van der Waals surface area contributed by atoms with Crippen molar-refractivity contribution in [3.63, 3.8) is 0 Å². The maximum absolute atomic E-state index is 12.7. The Balaban J connectivity index is 1.73. The van der Waals surface area contributed by atoms with E-state index in [9.17, 15) is 4.79 Å². The zero-order chi connectivity index (χ0) is 20.5. The smallest absolute Gasteiger partial charge is 0.246 e. The van der Waals surface area contributed by atoms with E-state index in [4.69, 9.17) is 10.7 Å². The van der Waals surface area contributed by atoms with Gasteiger partial charge in [-0.15, -0.1) is 0 Å². The SMILES string of the molecule is N#CCCCNC(=N)NC(=O)Cn1c(-c2ccccc2)ccc1C1CCCCC1. The number of nitrogens with zero attached hydrogens (tertiary/aromatic N) is 2. The minimum absolute atomic E-state index is 0.0134. The first-order valence-corrected chi connectivity index (χ1v) is 10.4. The molecular weight excluding hydrogens is 362 g/mol. The van der Waals surface area contributed by atoms with Gasteiger partial charge in [0.05, 0.1) is 6.07 Å². The third-order valence-electron chi connectivity index (χ3n) is 5.44. The van der Waals surface area contributed by atoms with Crippen LogP contribution in [0.1, 0.15) is 56.6 Å². The van der Waals surface area contributed by atoms with Gasteiger partial charge >= 0.3 is 0 Å². The Morgan fingerprint density at radius 2 is 1.90 bits per heavy atom. The minimum atomic E-state index is -0.215.